The van der Waals surface area contributed by atoms with E-state index in [1.165, 1.54) is 6.07 Å². The maximum atomic E-state index is 12.9. The van der Waals surface area contributed by atoms with E-state index in [0.29, 0.717) is 5.25 Å². The highest BCUT2D eigenvalue weighted by molar-refractivity contribution is 7.99. The zero-order valence-electron chi connectivity index (χ0n) is 9.95. The molecule has 2 unspecified atom stereocenters. The van der Waals surface area contributed by atoms with Gasteiger partial charge in [-0.05, 0) is 30.5 Å². The van der Waals surface area contributed by atoms with Gasteiger partial charge in [-0.3, -0.25) is 0 Å². The standard InChI is InChI=1S/C13H20FNS/c1-3-10(2)16-9-13(15)8-11-5-4-6-12(14)7-11/h4-7,10,13H,3,8-9,15H2,1-2H3. The van der Waals surface area contributed by atoms with Gasteiger partial charge >= 0.3 is 0 Å². The fraction of sp³-hybridized carbons (Fsp3) is 0.538. The van der Waals surface area contributed by atoms with Gasteiger partial charge < -0.3 is 5.73 Å². The largest absolute Gasteiger partial charge is 0.327 e. The number of thioether (sulfide) groups is 1. The smallest absolute Gasteiger partial charge is 0.123 e. The fourth-order valence-corrected chi connectivity index (χ4v) is 2.36. The molecule has 0 aliphatic heterocycles. The SMILES string of the molecule is CCC(C)SCC(N)Cc1cccc(F)c1. The number of hydrogen-bond acceptors (Lipinski definition) is 2. The monoisotopic (exact) mass is 241 g/mol. The lowest BCUT2D eigenvalue weighted by Crippen LogP contribution is -2.26. The summed E-state index contributed by atoms with van der Waals surface area (Å²) in [5.41, 5.74) is 7.00. The van der Waals surface area contributed by atoms with Crippen molar-refractivity contribution in [2.45, 2.75) is 38.0 Å². The van der Waals surface area contributed by atoms with Crippen molar-refractivity contribution in [3.63, 3.8) is 0 Å². The second-order valence-electron chi connectivity index (χ2n) is 4.15. The first-order chi connectivity index (χ1) is 7.61. The average Bonchev–Trinajstić information content (AvgIpc) is 2.26. The molecule has 0 aliphatic rings. The van der Waals surface area contributed by atoms with Crippen LogP contribution in [0.5, 0.6) is 0 Å². The molecule has 2 N–H and O–H groups in total. The number of halogens is 1. The molecule has 0 heterocycles. The van der Waals surface area contributed by atoms with Crippen LogP contribution in [0.3, 0.4) is 0 Å². The average molecular weight is 241 g/mol. The number of benzene rings is 1. The van der Waals surface area contributed by atoms with E-state index in [-0.39, 0.29) is 11.9 Å². The Bertz CT molecular complexity index is 317. The van der Waals surface area contributed by atoms with Crippen LogP contribution in [0.15, 0.2) is 24.3 Å². The molecule has 0 amide bonds. The highest BCUT2D eigenvalue weighted by Crippen LogP contribution is 2.15. The first-order valence-corrected chi connectivity index (χ1v) is 6.78. The molecule has 0 aliphatic carbocycles. The number of nitrogens with two attached hydrogens (primary N) is 1. The fourth-order valence-electron chi connectivity index (χ4n) is 1.43. The molecule has 90 valence electrons. The van der Waals surface area contributed by atoms with Gasteiger partial charge in [-0.15, -0.1) is 0 Å². The van der Waals surface area contributed by atoms with Crippen molar-refractivity contribution in [3.8, 4) is 0 Å². The molecule has 0 bridgehead atoms. The van der Waals surface area contributed by atoms with E-state index in [0.717, 1.165) is 24.2 Å². The summed E-state index contributed by atoms with van der Waals surface area (Å²) in [7, 11) is 0. The minimum atomic E-state index is -0.181. The second-order valence-corrected chi connectivity index (χ2v) is 5.62. The van der Waals surface area contributed by atoms with Crippen molar-refractivity contribution in [1.82, 2.24) is 0 Å². The minimum absolute atomic E-state index is 0.112. The van der Waals surface area contributed by atoms with Crippen molar-refractivity contribution in [1.29, 1.82) is 0 Å². The first kappa shape index (κ1) is 13.5. The Morgan fingerprint density at radius 3 is 2.81 bits per heavy atom. The van der Waals surface area contributed by atoms with Gasteiger partial charge in [-0.25, -0.2) is 4.39 Å². The van der Waals surface area contributed by atoms with E-state index in [1.54, 1.807) is 12.1 Å². The van der Waals surface area contributed by atoms with Crippen LogP contribution >= 0.6 is 11.8 Å². The molecule has 0 aromatic heterocycles. The van der Waals surface area contributed by atoms with E-state index in [2.05, 4.69) is 13.8 Å². The van der Waals surface area contributed by atoms with Gasteiger partial charge in [0.25, 0.3) is 0 Å². The maximum absolute atomic E-state index is 12.9. The topological polar surface area (TPSA) is 26.0 Å². The summed E-state index contributed by atoms with van der Waals surface area (Å²) in [4.78, 5) is 0. The molecule has 3 heteroatoms. The lowest BCUT2D eigenvalue weighted by atomic mass is 10.1. The van der Waals surface area contributed by atoms with Gasteiger partial charge in [0, 0.05) is 17.0 Å². The molecule has 0 spiro atoms. The third-order valence-corrected chi connectivity index (χ3v) is 4.08. The lowest BCUT2D eigenvalue weighted by molar-refractivity contribution is 0.623. The summed E-state index contributed by atoms with van der Waals surface area (Å²) in [6.07, 6.45) is 1.92. The Balaban J connectivity index is 2.36. The summed E-state index contributed by atoms with van der Waals surface area (Å²) < 4.78 is 12.9. The molecule has 0 saturated carbocycles. The first-order valence-electron chi connectivity index (χ1n) is 5.73. The van der Waals surface area contributed by atoms with E-state index >= 15 is 0 Å². The highest BCUT2D eigenvalue weighted by atomic mass is 32.2. The van der Waals surface area contributed by atoms with Gasteiger partial charge in [0.2, 0.25) is 0 Å². The van der Waals surface area contributed by atoms with Gasteiger partial charge in [-0.1, -0.05) is 26.0 Å². The maximum Gasteiger partial charge on any atom is 0.123 e. The Kier molecular flexibility index (Phi) is 5.85. The Hall–Kier alpha value is -0.540. The molecule has 0 saturated heterocycles. The number of rotatable bonds is 6. The quantitative estimate of drug-likeness (QED) is 0.827. The van der Waals surface area contributed by atoms with E-state index in [9.17, 15) is 4.39 Å². The van der Waals surface area contributed by atoms with Crippen LogP contribution in [0.2, 0.25) is 0 Å². The van der Waals surface area contributed by atoms with Crippen LogP contribution in [0, 0.1) is 5.82 Å². The van der Waals surface area contributed by atoms with Crippen LogP contribution in [-0.4, -0.2) is 17.0 Å². The van der Waals surface area contributed by atoms with Crippen LogP contribution in [0.4, 0.5) is 4.39 Å². The molecule has 1 aromatic rings. The molecular formula is C13H20FNS. The predicted molar refractivity (Wildman–Crippen MR) is 70.3 cm³/mol. The zero-order chi connectivity index (χ0) is 12.0. The zero-order valence-corrected chi connectivity index (χ0v) is 10.8. The molecule has 1 nitrogen and oxygen atoms in total. The molecular weight excluding hydrogens is 221 g/mol. The summed E-state index contributed by atoms with van der Waals surface area (Å²) in [5.74, 6) is 0.755. The Morgan fingerprint density at radius 1 is 1.44 bits per heavy atom. The van der Waals surface area contributed by atoms with Gasteiger partial charge in [-0.2, -0.15) is 11.8 Å². The van der Waals surface area contributed by atoms with Crippen molar-refractivity contribution < 1.29 is 4.39 Å². The molecule has 2 atom stereocenters. The molecule has 0 radical (unpaired) electrons. The van der Waals surface area contributed by atoms with Crippen LogP contribution < -0.4 is 5.73 Å². The van der Waals surface area contributed by atoms with E-state index in [1.807, 2.05) is 17.8 Å². The highest BCUT2D eigenvalue weighted by Gasteiger charge is 2.07. The molecule has 0 fully saturated rings. The third-order valence-electron chi connectivity index (χ3n) is 2.56. The van der Waals surface area contributed by atoms with Gasteiger partial charge in [0.1, 0.15) is 5.82 Å². The van der Waals surface area contributed by atoms with Crippen LogP contribution in [0.25, 0.3) is 0 Å². The summed E-state index contributed by atoms with van der Waals surface area (Å²) in [6, 6.07) is 6.80. The van der Waals surface area contributed by atoms with E-state index < -0.39 is 0 Å². The molecule has 16 heavy (non-hydrogen) atoms. The van der Waals surface area contributed by atoms with Gasteiger partial charge in [0.15, 0.2) is 0 Å². The summed E-state index contributed by atoms with van der Waals surface area (Å²) in [6.45, 7) is 4.38. The van der Waals surface area contributed by atoms with Crippen molar-refractivity contribution in [2.24, 2.45) is 5.73 Å². The van der Waals surface area contributed by atoms with Crippen molar-refractivity contribution in [3.05, 3.63) is 35.6 Å². The molecule has 1 rings (SSSR count). The van der Waals surface area contributed by atoms with E-state index in [4.69, 9.17) is 5.73 Å². The number of hydrogen-bond donors (Lipinski definition) is 1. The minimum Gasteiger partial charge on any atom is -0.327 e. The van der Waals surface area contributed by atoms with Gasteiger partial charge in [0.05, 0.1) is 0 Å². The predicted octanol–water partition coefficient (Wildman–Crippen LogP) is 3.23. The third kappa shape index (κ3) is 4.99. The Morgan fingerprint density at radius 2 is 2.19 bits per heavy atom. The molecule has 1 aromatic carbocycles. The van der Waals surface area contributed by atoms with Crippen LogP contribution in [-0.2, 0) is 6.42 Å². The summed E-state index contributed by atoms with van der Waals surface area (Å²) in [5, 5.41) is 0.651. The van der Waals surface area contributed by atoms with Crippen LogP contribution in [0.1, 0.15) is 25.8 Å². The second kappa shape index (κ2) is 6.92. The lowest BCUT2D eigenvalue weighted by Gasteiger charge is -2.14. The summed E-state index contributed by atoms with van der Waals surface area (Å²) >= 11 is 1.89. The van der Waals surface area contributed by atoms with Crippen molar-refractivity contribution >= 4 is 11.8 Å². The Labute approximate surface area is 102 Å². The van der Waals surface area contributed by atoms with Crippen molar-refractivity contribution in [2.75, 3.05) is 5.75 Å². The normalized spacial score (nSPS) is 14.8.